The molecule has 1 atom stereocenters. The van der Waals surface area contributed by atoms with E-state index in [1.165, 1.54) is 6.42 Å². The molecule has 1 saturated carbocycles. The number of nitrogens with zero attached hydrogens (tertiary/aromatic N) is 1. The predicted octanol–water partition coefficient (Wildman–Crippen LogP) is 1.48. The Hall–Kier alpha value is -0.450. The van der Waals surface area contributed by atoms with E-state index in [4.69, 9.17) is 9.47 Å². The van der Waals surface area contributed by atoms with Crippen molar-refractivity contribution in [2.45, 2.75) is 38.1 Å². The Kier molecular flexibility index (Phi) is 7.40. The maximum absolute atomic E-state index is 12.1. The Morgan fingerprint density at radius 2 is 1.76 bits per heavy atom. The van der Waals surface area contributed by atoms with E-state index < -0.39 is 0 Å². The molecule has 0 radical (unpaired) electrons. The molecule has 1 aliphatic carbocycles. The molecule has 1 rings (SSSR count). The molecule has 100 valence electrons. The summed E-state index contributed by atoms with van der Waals surface area (Å²) in [6.07, 6.45) is 5.13. The molecule has 17 heavy (non-hydrogen) atoms. The summed E-state index contributed by atoms with van der Waals surface area (Å²) in [5.74, 6) is 0.398. The summed E-state index contributed by atoms with van der Waals surface area (Å²) >= 11 is 0. The fourth-order valence-electron chi connectivity index (χ4n) is 2.37. The minimum Gasteiger partial charge on any atom is -0.383 e. The first-order valence-corrected chi connectivity index (χ1v) is 6.54. The number of carbonyl (C=O) groups is 1. The summed E-state index contributed by atoms with van der Waals surface area (Å²) < 4.78 is 10.2. The van der Waals surface area contributed by atoms with Crippen molar-refractivity contribution < 1.29 is 14.3 Å². The van der Waals surface area contributed by atoms with Gasteiger partial charge < -0.3 is 9.47 Å². The van der Waals surface area contributed by atoms with Crippen molar-refractivity contribution in [3.63, 3.8) is 0 Å². The van der Waals surface area contributed by atoms with Crippen molar-refractivity contribution in [3.05, 3.63) is 0 Å². The van der Waals surface area contributed by atoms with Crippen molar-refractivity contribution in [1.29, 1.82) is 0 Å². The van der Waals surface area contributed by atoms with E-state index >= 15 is 0 Å². The molecule has 0 amide bonds. The van der Waals surface area contributed by atoms with Crippen molar-refractivity contribution in [1.82, 2.24) is 4.90 Å². The van der Waals surface area contributed by atoms with Crippen molar-refractivity contribution >= 4 is 5.78 Å². The molecular formula is C13H25NO3. The maximum Gasteiger partial charge on any atom is 0.149 e. The van der Waals surface area contributed by atoms with Gasteiger partial charge in [-0.2, -0.15) is 0 Å². The van der Waals surface area contributed by atoms with Gasteiger partial charge in [-0.15, -0.1) is 0 Å². The highest BCUT2D eigenvalue weighted by atomic mass is 16.5. The monoisotopic (exact) mass is 243 g/mol. The molecule has 0 aromatic carbocycles. The topological polar surface area (TPSA) is 38.8 Å². The second-order valence-corrected chi connectivity index (χ2v) is 4.60. The van der Waals surface area contributed by atoms with Gasteiger partial charge in [-0.05, 0) is 12.8 Å². The highest BCUT2D eigenvalue weighted by molar-refractivity contribution is 5.84. The zero-order chi connectivity index (χ0) is 12.5. The lowest BCUT2D eigenvalue weighted by Gasteiger charge is -2.29. The van der Waals surface area contributed by atoms with Crippen LogP contribution in [0.3, 0.4) is 0 Å². The average molecular weight is 243 g/mol. The molecule has 1 aliphatic rings. The lowest BCUT2D eigenvalue weighted by atomic mass is 10.1. The highest BCUT2D eigenvalue weighted by Gasteiger charge is 2.26. The number of Topliss-reactive ketones (excluding diaryl/α,β-unsaturated/α-hetero) is 1. The molecule has 0 N–H and O–H groups in total. The van der Waals surface area contributed by atoms with Crippen molar-refractivity contribution in [2.24, 2.45) is 0 Å². The molecule has 0 saturated heterocycles. The molecule has 0 spiro atoms. The van der Waals surface area contributed by atoms with Crippen LogP contribution < -0.4 is 0 Å². The Morgan fingerprint density at radius 1 is 1.12 bits per heavy atom. The van der Waals surface area contributed by atoms with E-state index in [2.05, 4.69) is 4.90 Å². The van der Waals surface area contributed by atoms with E-state index in [-0.39, 0.29) is 6.04 Å². The van der Waals surface area contributed by atoms with Crippen molar-refractivity contribution in [3.8, 4) is 0 Å². The van der Waals surface area contributed by atoms with Gasteiger partial charge in [0, 0.05) is 33.7 Å². The lowest BCUT2D eigenvalue weighted by Crippen LogP contribution is -2.44. The molecule has 1 unspecified atom stereocenters. The van der Waals surface area contributed by atoms with Crippen LogP contribution in [-0.4, -0.2) is 57.2 Å². The minimum atomic E-state index is 0.0859. The van der Waals surface area contributed by atoms with Crippen LogP contribution in [0.5, 0.6) is 0 Å². The number of ether oxygens (including phenoxy) is 2. The third kappa shape index (κ3) is 5.15. The van der Waals surface area contributed by atoms with Crippen LogP contribution in [0.15, 0.2) is 0 Å². The fraction of sp³-hybridized carbons (Fsp3) is 0.923. The maximum atomic E-state index is 12.1. The van der Waals surface area contributed by atoms with E-state index in [0.717, 1.165) is 38.8 Å². The summed E-state index contributed by atoms with van der Waals surface area (Å²) in [7, 11) is 3.40. The van der Waals surface area contributed by atoms with Gasteiger partial charge in [-0.25, -0.2) is 0 Å². The number of ketones is 1. The Balaban J connectivity index is 2.54. The first-order valence-electron chi connectivity index (χ1n) is 6.54. The second-order valence-electron chi connectivity index (χ2n) is 4.60. The van der Waals surface area contributed by atoms with E-state index in [1.807, 2.05) is 0 Å². The lowest BCUT2D eigenvalue weighted by molar-refractivity contribution is -0.124. The molecule has 0 bridgehead atoms. The molecule has 0 aromatic rings. The predicted molar refractivity (Wildman–Crippen MR) is 67.2 cm³/mol. The van der Waals surface area contributed by atoms with Crippen LogP contribution in [0.4, 0.5) is 0 Å². The third-order valence-electron chi connectivity index (χ3n) is 3.38. The largest absolute Gasteiger partial charge is 0.383 e. The van der Waals surface area contributed by atoms with E-state index in [0.29, 0.717) is 19.0 Å². The zero-order valence-corrected chi connectivity index (χ0v) is 11.1. The van der Waals surface area contributed by atoms with Crippen molar-refractivity contribution in [2.75, 3.05) is 40.5 Å². The van der Waals surface area contributed by atoms with Gasteiger partial charge in [0.1, 0.15) is 5.78 Å². The van der Waals surface area contributed by atoms with Gasteiger partial charge in [0.25, 0.3) is 0 Å². The molecule has 0 heterocycles. The average Bonchev–Trinajstić information content (AvgIpc) is 2.55. The van der Waals surface area contributed by atoms with Crippen LogP contribution in [-0.2, 0) is 14.3 Å². The molecule has 4 heteroatoms. The number of rotatable bonds is 7. The van der Waals surface area contributed by atoms with Gasteiger partial charge in [0.2, 0.25) is 0 Å². The van der Waals surface area contributed by atoms with Gasteiger partial charge in [-0.3, -0.25) is 9.69 Å². The van der Waals surface area contributed by atoms with E-state index in [1.54, 1.807) is 14.2 Å². The molecular weight excluding hydrogens is 218 g/mol. The number of hydrogen-bond donors (Lipinski definition) is 0. The number of hydrogen-bond acceptors (Lipinski definition) is 4. The van der Waals surface area contributed by atoms with Gasteiger partial charge >= 0.3 is 0 Å². The van der Waals surface area contributed by atoms with Crippen LogP contribution >= 0.6 is 0 Å². The van der Waals surface area contributed by atoms with Crippen LogP contribution in [0, 0.1) is 0 Å². The molecule has 0 aliphatic heterocycles. The molecule has 4 nitrogen and oxygen atoms in total. The standard InChI is InChI=1S/C13H25NO3/c1-16-10-8-14(9-11-17-2)12-6-4-3-5-7-13(12)15/h12H,3-11H2,1-2H3. The Labute approximate surface area is 104 Å². The SMILES string of the molecule is COCCN(CCOC)C1CCCCCC1=O. The highest BCUT2D eigenvalue weighted by Crippen LogP contribution is 2.19. The quantitative estimate of drug-likeness (QED) is 0.635. The summed E-state index contributed by atoms with van der Waals surface area (Å²) in [6.45, 7) is 2.98. The summed E-state index contributed by atoms with van der Waals surface area (Å²) in [5, 5.41) is 0. The summed E-state index contributed by atoms with van der Waals surface area (Å²) in [5.41, 5.74) is 0. The molecule has 1 fully saturated rings. The Bertz CT molecular complexity index is 213. The zero-order valence-electron chi connectivity index (χ0n) is 11.1. The van der Waals surface area contributed by atoms with Gasteiger partial charge in [0.05, 0.1) is 19.3 Å². The Morgan fingerprint density at radius 3 is 2.35 bits per heavy atom. The first kappa shape index (κ1) is 14.6. The van der Waals surface area contributed by atoms with Crippen LogP contribution in [0.25, 0.3) is 0 Å². The van der Waals surface area contributed by atoms with E-state index in [9.17, 15) is 4.79 Å². The second kappa shape index (κ2) is 8.61. The first-order chi connectivity index (χ1) is 8.29. The minimum absolute atomic E-state index is 0.0859. The van der Waals surface area contributed by atoms with Gasteiger partial charge in [0.15, 0.2) is 0 Å². The fourth-order valence-corrected chi connectivity index (χ4v) is 2.37. The van der Waals surface area contributed by atoms with Crippen LogP contribution in [0.1, 0.15) is 32.1 Å². The van der Waals surface area contributed by atoms with Gasteiger partial charge in [-0.1, -0.05) is 12.8 Å². The normalized spacial score (nSPS) is 21.8. The van der Waals surface area contributed by atoms with Crippen LogP contribution in [0.2, 0.25) is 0 Å². The summed E-state index contributed by atoms with van der Waals surface area (Å²) in [6, 6.07) is 0.0859. The molecule has 0 aromatic heterocycles. The summed E-state index contributed by atoms with van der Waals surface area (Å²) in [4.78, 5) is 14.3. The smallest absolute Gasteiger partial charge is 0.149 e. The number of carbonyl (C=O) groups excluding carboxylic acids is 1. The number of methoxy groups -OCH3 is 2. The third-order valence-corrected chi connectivity index (χ3v) is 3.38.